The Labute approximate surface area is 97.9 Å². The molecule has 0 aliphatic carbocycles. The van der Waals surface area contributed by atoms with Crippen LogP contribution in [0.5, 0.6) is 0 Å². The molecule has 0 radical (unpaired) electrons. The predicted octanol–water partition coefficient (Wildman–Crippen LogP) is 2.37. The topological polar surface area (TPSA) is 29.0 Å². The third kappa shape index (κ3) is 2.24. The van der Waals surface area contributed by atoms with Crippen LogP contribution >= 0.6 is 0 Å². The van der Waals surface area contributed by atoms with Crippen LogP contribution in [0, 0.1) is 0 Å². The molecule has 0 bridgehead atoms. The van der Waals surface area contributed by atoms with E-state index in [1.165, 1.54) is 11.4 Å². The van der Waals surface area contributed by atoms with Crippen LogP contribution in [-0.2, 0) is 13.0 Å². The molecule has 88 valence electrons. The molecule has 16 heavy (non-hydrogen) atoms. The Kier molecular flexibility index (Phi) is 3.24. The van der Waals surface area contributed by atoms with Crippen molar-refractivity contribution in [3.05, 3.63) is 23.3 Å². The Morgan fingerprint density at radius 2 is 1.94 bits per heavy atom. The van der Waals surface area contributed by atoms with Gasteiger partial charge in [-0.15, -0.1) is 0 Å². The number of fused-ring (bicyclic) bond motifs is 1. The molecule has 0 saturated heterocycles. The Morgan fingerprint density at radius 1 is 1.19 bits per heavy atom. The highest BCUT2D eigenvalue weighted by molar-refractivity contribution is 5.18. The monoisotopic (exact) mass is 219 g/mol. The number of hydrogen-bond donors (Lipinski definition) is 0. The zero-order valence-corrected chi connectivity index (χ0v) is 10.7. The fourth-order valence-corrected chi connectivity index (χ4v) is 2.04. The summed E-state index contributed by atoms with van der Waals surface area (Å²) < 4.78 is 0. The summed E-state index contributed by atoms with van der Waals surface area (Å²) in [6.45, 7) is 10.9. The van der Waals surface area contributed by atoms with E-state index in [9.17, 15) is 0 Å². The molecule has 0 atom stereocenters. The van der Waals surface area contributed by atoms with Crippen molar-refractivity contribution in [2.45, 2.75) is 52.6 Å². The largest absolute Gasteiger partial charge is 0.295 e. The molecular weight excluding hydrogens is 198 g/mol. The average Bonchev–Trinajstić information content (AvgIpc) is 2.27. The normalized spacial score (nSPS) is 16.9. The first-order chi connectivity index (χ1) is 7.58. The van der Waals surface area contributed by atoms with Gasteiger partial charge < -0.3 is 0 Å². The Hall–Kier alpha value is -0.960. The van der Waals surface area contributed by atoms with Crippen molar-refractivity contribution in [2.75, 3.05) is 6.54 Å². The van der Waals surface area contributed by atoms with Gasteiger partial charge in [-0.3, -0.25) is 14.9 Å². The molecule has 2 heterocycles. The molecule has 0 saturated carbocycles. The summed E-state index contributed by atoms with van der Waals surface area (Å²) in [7, 11) is 0. The summed E-state index contributed by atoms with van der Waals surface area (Å²) in [4.78, 5) is 11.7. The molecular formula is C13H21N3. The standard InChI is InChI=1S/C13H21N3/c1-9(2)12-7-14-13-8-16(10(3)4)6-5-11(13)15-12/h7,9-10H,5-6,8H2,1-4H3. The number of nitrogens with zero attached hydrogens (tertiary/aromatic N) is 3. The minimum absolute atomic E-state index is 0.473. The maximum absolute atomic E-state index is 4.72. The second kappa shape index (κ2) is 4.50. The lowest BCUT2D eigenvalue weighted by atomic mass is 10.1. The second-order valence-electron chi connectivity index (χ2n) is 5.16. The first kappa shape index (κ1) is 11.5. The highest BCUT2D eigenvalue weighted by atomic mass is 15.2. The van der Waals surface area contributed by atoms with Crippen LogP contribution in [0.4, 0.5) is 0 Å². The van der Waals surface area contributed by atoms with Crippen molar-refractivity contribution in [3.8, 4) is 0 Å². The quantitative estimate of drug-likeness (QED) is 0.764. The van der Waals surface area contributed by atoms with Crippen molar-refractivity contribution < 1.29 is 0 Å². The van der Waals surface area contributed by atoms with Crippen LogP contribution in [0.1, 0.15) is 50.7 Å². The molecule has 0 aromatic carbocycles. The van der Waals surface area contributed by atoms with Crippen LogP contribution in [0.15, 0.2) is 6.20 Å². The minimum Gasteiger partial charge on any atom is -0.295 e. The second-order valence-corrected chi connectivity index (χ2v) is 5.16. The zero-order valence-electron chi connectivity index (χ0n) is 10.7. The number of rotatable bonds is 2. The van der Waals surface area contributed by atoms with Crippen molar-refractivity contribution in [1.82, 2.24) is 14.9 Å². The molecule has 0 N–H and O–H groups in total. The molecule has 3 nitrogen and oxygen atoms in total. The fraction of sp³-hybridized carbons (Fsp3) is 0.692. The smallest absolute Gasteiger partial charge is 0.0759 e. The Balaban J connectivity index is 2.22. The third-order valence-corrected chi connectivity index (χ3v) is 3.26. The SMILES string of the molecule is CC(C)c1cnc2c(n1)CCN(C(C)C)C2. The predicted molar refractivity (Wildman–Crippen MR) is 65.4 cm³/mol. The van der Waals surface area contributed by atoms with E-state index in [0.29, 0.717) is 12.0 Å². The summed E-state index contributed by atoms with van der Waals surface area (Å²) in [6, 6.07) is 0.597. The van der Waals surface area contributed by atoms with Gasteiger partial charge in [-0.2, -0.15) is 0 Å². The molecule has 1 aromatic rings. The van der Waals surface area contributed by atoms with E-state index >= 15 is 0 Å². The van der Waals surface area contributed by atoms with Gasteiger partial charge in [0.1, 0.15) is 0 Å². The van der Waals surface area contributed by atoms with E-state index in [1.807, 2.05) is 6.20 Å². The minimum atomic E-state index is 0.473. The van der Waals surface area contributed by atoms with Gasteiger partial charge in [0.2, 0.25) is 0 Å². The lowest BCUT2D eigenvalue weighted by molar-refractivity contribution is 0.198. The first-order valence-corrected chi connectivity index (χ1v) is 6.16. The van der Waals surface area contributed by atoms with Crippen molar-refractivity contribution in [2.24, 2.45) is 0 Å². The molecule has 0 fully saturated rings. The van der Waals surface area contributed by atoms with Crippen molar-refractivity contribution >= 4 is 0 Å². The molecule has 0 amide bonds. The van der Waals surface area contributed by atoms with Crippen LogP contribution in [0.25, 0.3) is 0 Å². The third-order valence-electron chi connectivity index (χ3n) is 3.26. The van der Waals surface area contributed by atoms with Crippen molar-refractivity contribution in [1.29, 1.82) is 0 Å². The van der Waals surface area contributed by atoms with E-state index < -0.39 is 0 Å². The van der Waals surface area contributed by atoms with Gasteiger partial charge in [0.15, 0.2) is 0 Å². The summed E-state index contributed by atoms with van der Waals surface area (Å²) in [6.07, 6.45) is 2.98. The number of aromatic nitrogens is 2. The summed E-state index contributed by atoms with van der Waals surface area (Å²) in [5.41, 5.74) is 3.50. The summed E-state index contributed by atoms with van der Waals surface area (Å²) >= 11 is 0. The number of hydrogen-bond acceptors (Lipinski definition) is 3. The van der Waals surface area contributed by atoms with Gasteiger partial charge in [-0.1, -0.05) is 13.8 Å². The van der Waals surface area contributed by atoms with Crippen LogP contribution in [0.2, 0.25) is 0 Å². The molecule has 3 heteroatoms. The molecule has 1 aliphatic heterocycles. The maximum atomic E-state index is 4.72. The van der Waals surface area contributed by atoms with Crippen LogP contribution < -0.4 is 0 Å². The zero-order chi connectivity index (χ0) is 11.7. The van der Waals surface area contributed by atoms with E-state index in [1.54, 1.807) is 0 Å². The van der Waals surface area contributed by atoms with E-state index in [0.717, 1.165) is 25.2 Å². The van der Waals surface area contributed by atoms with E-state index in [-0.39, 0.29) is 0 Å². The van der Waals surface area contributed by atoms with Gasteiger partial charge in [0, 0.05) is 31.7 Å². The van der Waals surface area contributed by atoms with Gasteiger partial charge in [0.05, 0.1) is 17.1 Å². The Bertz CT molecular complexity index is 371. The highest BCUT2D eigenvalue weighted by Crippen LogP contribution is 2.19. The van der Waals surface area contributed by atoms with Gasteiger partial charge in [0.25, 0.3) is 0 Å². The fourth-order valence-electron chi connectivity index (χ4n) is 2.04. The van der Waals surface area contributed by atoms with Crippen LogP contribution in [0.3, 0.4) is 0 Å². The van der Waals surface area contributed by atoms with Gasteiger partial charge >= 0.3 is 0 Å². The van der Waals surface area contributed by atoms with Gasteiger partial charge in [-0.05, 0) is 19.8 Å². The lowest BCUT2D eigenvalue weighted by Crippen LogP contribution is -2.36. The van der Waals surface area contributed by atoms with Crippen molar-refractivity contribution in [3.63, 3.8) is 0 Å². The maximum Gasteiger partial charge on any atom is 0.0759 e. The molecule has 1 aliphatic rings. The van der Waals surface area contributed by atoms with Gasteiger partial charge in [-0.25, -0.2) is 0 Å². The van der Waals surface area contributed by atoms with Crippen LogP contribution in [-0.4, -0.2) is 27.5 Å². The first-order valence-electron chi connectivity index (χ1n) is 6.16. The highest BCUT2D eigenvalue weighted by Gasteiger charge is 2.20. The Morgan fingerprint density at radius 3 is 2.56 bits per heavy atom. The van der Waals surface area contributed by atoms with E-state index in [4.69, 9.17) is 4.98 Å². The molecule has 2 rings (SSSR count). The summed E-state index contributed by atoms with van der Waals surface area (Å²) in [5, 5.41) is 0. The summed E-state index contributed by atoms with van der Waals surface area (Å²) in [5.74, 6) is 0.473. The van der Waals surface area contributed by atoms with E-state index in [2.05, 4.69) is 37.6 Å². The molecule has 0 spiro atoms. The average molecular weight is 219 g/mol. The lowest BCUT2D eigenvalue weighted by Gasteiger charge is -2.30. The molecule has 1 aromatic heterocycles. The molecule has 0 unspecified atom stereocenters.